The summed E-state index contributed by atoms with van der Waals surface area (Å²) in [6.07, 6.45) is 0. The molecule has 2 N–H and O–H groups in total. The van der Waals surface area contributed by atoms with Gasteiger partial charge in [-0.1, -0.05) is 125 Å². The minimum atomic E-state index is 0.597. The molecular formula is C36H30N8. The largest absolute Gasteiger partial charge is 0.324 e. The van der Waals surface area contributed by atoms with Gasteiger partial charge in [-0.05, 0) is 0 Å². The average Bonchev–Trinajstić information content (AvgIpc) is 3.82. The highest BCUT2D eigenvalue weighted by atomic mass is 15.1. The van der Waals surface area contributed by atoms with E-state index < -0.39 is 0 Å². The predicted molar refractivity (Wildman–Crippen MR) is 179 cm³/mol. The van der Waals surface area contributed by atoms with Crippen LogP contribution in [-0.2, 0) is 0 Å². The molecule has 0 radical (unpaired) electrons. The molecule has 9 rings (SSSR count). The highest BCUT2D eigenvalue weighted by molar-refractivity contribution is 6.06. The maximum Gasteiger partial charge on any atom is 0.164 e. The van der Waals surface area contributed by atoms with Gasteiger partial charge in [0.25, 0.3) is 0 Å². The minimum absolute atomic E-state index is 0.597. The molecule has 0 saturated heterocycles. The molecule has 2 aliphatic rings. The van der Waals surface area contributed by atoms with Crippen LogP contribution in [0.1, 0.15) is 27.7 Å². The van der Waals surface area contributed by atoms with Gasteiger partial charge < -0.3 is 9.97 Å². The van der Waals surface area contributed by atoms with E-state index in [1.54, 1.807) is 0 Å². The first kappa shape index (κ1) is 27.1. The van der Waals surface area contributed by atoms with Gasteiger partial charge in [-0.15, -0.1) is 0 Å². The van der Waals surface area contributed by atoms with Gasteiger partial charge in [0.05, 0.1) is 0 Å². The van der Waals surface area contributed by atoms with Gasteiger partial charge in [0.1, 0.15) is 22.6 Å². The maximum atomic E-state index is 5.02. The summed E-state index contributed by atoms with van der Waals surface area (Å²) in [4.78, 5) is 36.8. The average molecular weight is 575 g/mol. The van der Waals surface area contributed by atoms with E-state index in [9.17, 15) is 0 Å². The third kappa shape index (κ3) is 4.31. The molecular weight excluding hydrogens is 544 g/mol. The van der Waals surface area contributed by atoms with E-state index in [0.29, 0.717) is 45.9 Å². The third-order valence-electron chi connectivity index (χ3n) is 7.46. The monoisotopic (exact) mass is 574 g/mol. The molecule has 7 aromatic rings. The van der Waals surface area contributed by atoms with Crippen LogP contribution >= 0.6 is 0 Å². The summed E-state index contributed by atoms with van der Waals surface area (Å²) in [5, 5.41) is 3.82. The molecule has 0 spiro atoms. The smallest absolute Gasteiger partial charge is 0.164 e. The van der Waals surface area contributed by atoms with Crippen molar-refractivity contribution in [2.45, 2.75) is 27.7 Å². The van der Waals surface area contributed by atoms with Crippen molar-refractivity contribution in [2.75, 3.05) is 0 Å². The molecule has 4 aromatic carbocycles. The van der Waals surface area contributed by atoms with Gasteiger partial charge in [0.2, 0.25) is 0 Å². The summed E-state index contributed by atoms with van der Waals surface area (Å²) >= 11 is 0. The van der Waals surface area contributed by atoms with Crippen molar-refractivity contribution in [1.29, 1.82) is 0 Å². The predicted octanol–water partition coefficient (Wildman–Crippen LogP) is 8.92. The first-order chi connectivity index (χ1) is 21.8. The van der Waals surface area contributed by atoms with Crippen molar-refractivity contribution in [3.63, 3.8) is 0 Å². The Hall–Kier alpha value is -5.76. The summed E-state index contributed by atoms with van der Waals surface area (Å²) in [6, 6.07) is 32.2. The molecule has 0 atom stereocenters. The molecule has 8 heteroatoms. The molecule has 214 valence electrons. The first-order valence-corrected chi connectivity index (χ1v) is 15.0. The second-order valence-corrected chi connectivity index (χ2v) is 9.79. The van der Waals surface area contributed by atoms with Crippen LogP contribution in [0.3, 0.4) is 0 Å². The van der Waals surface area contributed by atoms with Crippen LogP contribution in [0, 0.1) is 0 Å². The van der Waals surface area contributed by atoms with Gasteiger partial charge in [-0.3, -0.25) is 0 Å². The van der Waals surface area contributed by atoms with Gasteiger partial charge in [-0.2, -0.15) is 0 Å². The molecule has 0 aliphatic carbocycles. The molecule has 8 nitrogen and oxygen atoms in total. The van der Waals surface area contributed by atoms with Crippen LogP contribution in [0.5, 0.6) is 0 Å². The second kappa shape index (κ2) is 11.1. The summed E-state index contributed by atoms with van der Waals surface area (Å²) < 4.78 is 0. The van der Waals surface area contributed by atoms with E-state index in [1.165, 1.54) is 0 Å². The van der Waals surface area contributed by atoms with Crippen molar-refractivity contribution in [1.82, 2.24) is 39.9 Å². The SMILES string of the molecule is CC.CC.c1ccc2c(c1)-c1nc-2nc2[nH]c(nc3nc(nc4[nH]c(n1)c1ccccc41)-c1ccccc1-3)c1ccccc21. The lowest BCUT2D eigenvalue weighted by Gasteiger charge is -1.96. The summed E-state index contributed by atoms with van der Waals surface area (Å²) in [5.74, 6) is 2.39. The van der Waals surface area contributed by atoms with Gasteiger partial charge in [0.15, 0.2) is 23.3 Å². The number of benzene rings is 4. The molecule has 0 fully saturated rings. The van der Waals surface area contributed by atoms with Crippen molar-refractivity contribution in [2.24, 2.45) is 0 Å². The maximum absolute atomic E-state index is 5.02. The molecule has 0 saturated carbocycles. The number of rotatable bonds is 0. The van der Waals surface area contributed by atoms with E-state index in [4.69, 9.17) is 29.9 Å². The Labute approximate surface area is 254 Å². The molecule has 3 aromatic heterocycles. The number of nitrogens with one attached hydrogen (secondary N) is 2. The number of aromatic nitrogens is 8. The van der Waals surface area contributed by atoms with E-state index in [-0.39, 0.29) is 0 Å². The fourth-order valence-corrected chi connectivity index (χ4v) is 5.59. The number of aromatic amines is 2. The highest BCUT2D eigenvalue weighted by Gasteiger charge is 2.21. The van der Waals surface area contributed by atoms with Gasteiger partial charge >= 0.3 is 0 Å². The van der Waals surface area contributed by atoms with Crippen molar-refractivity contribution < 1.29 is 0 Å². The topological polar surface area (TPSA) is 109 Å². The Morgan fingerprint density at radius 2 is 0.545 bits per heavy atom. The quantitative estimate of drug-likeness (QED) is 0.187. The zero-order valence-corrected chi connectivity index (χ0v) is 24.9. The summed E-state index contributed by atoms with van der Waals surface area (Å²) in [6.45, 7) is 8.00. The normalized spacial score (nSPS) is 11.2. The summed E-state index contributed by atoms with van der Waals surface area (Å²) in [5.41, 5.74) is 6.45. The lowest BCUT2D eigenvalue weighted by Crippen LogP contribution is -1.82. The van der Waals surface area contributed by atoms with Crippen molar-refractivity contribution in [3.8, 4) is 45.6 Å². The zero-order chi connectivity index (χ0) is 30.2. The van der Waals surface area contributed by atoms with Gasteiger partial charge in [0, 0.05) is 43.8 Å². The minimum Gasteiger partial charge on any atom is -0.324 e. The number of nitrogens with zero attached hydrogens (tertiary/aromatic N) is 6. The Morgan fingerprint density at radius 3 is 0.795 bits per heavy atom. The fourth-order valence-electron chi connectivity index (χ4n) is 5.59. The van der Waals surface area contributed by atoms with E-state index >= 15 is 0 Å². The Kier molecular flexibility index (Phi) is 6.86. The van der Waals surface area contributed by atoms with Crippen LogP contribution in [0.25, 0.3) is 89.7 Å². The van der Waals surface area contributed by atoms with E-state index in [2.05, 4.69) is 9.97 Å². The first-order valence-electron chi connectivity index (χ1n) is 15.0. The van der Waals surface area contributed by atoms with Crippen LogP contribution < -0.4 is 0 Å². The summed E-state index contributed by atoms with van der Waals surface area (Å²) in [7, 11) is 0. The lowest BCUT2D eigenvalue weighted by atomic mass is 10.1. The zero-order valence-electron chi connectivity index (χ0n) is 24.9. The third-order valence-corrected chi connectivity index (χ3v) is 7.46. The van der Waals surface area contributed by atoms with Crippen molar-refractivity contribution >= 4 is 44.1 Å². The Morgan fingerprint density at radius 1 is 0.318 bits per heavy atom. The molecule has 5 heterocycles. The van der Waals surface area contributed by atoms with Crippen LogP contribution in [-0.4, -0.2) is 39.9 Å². The van der Waals surface area contributed by atoms with Gasteiger partial charge in [-0.25, -0.2) is 29.9 Å². The van der Waals surface area contributed by atoms with Crippen LogP contribution in [0.2, 0.25) is 0 Å². The molecule has 8 bridgehead atoms. The van der Waals surface area contributed by atoms with E-state index in [1.807, 2.05) is 125 Å². The number of fused-ring (bicyclic) bond motifs is 20. The lowest BCUT2D eigenvalue weighted by molar-refractivity contribution is 1.19. The van der Waals surface area contributed by atoms with Crippen LogP contribution in [0.4, 0.5) is 0 Å². The standard InChI is InChI=1S/C32H18N8.2C2H6/c1-2-10-18-17(9-1)25-33-26(18)38-28-21-13-5-6-14-22(21)30(35-28)40-32-24-16-8-7-15-23(24)31(36-32)39-29-20-12-4-3-11-19(20)27(34-29)37-25;2*1-2/h1-16H,(H2,33,34,35,36,37,38,39,40);2*1-2H3. The number of H-pyrrole nitrogens is 2. The fraction of sp³-hybridized carbons (Fsp3) is 0.111. The molecule has 0 unspecified atom stereocenters. The van der Waals surface area contributed by atoms with Crippen LogP contribution in [0.15, 0.2) is 97.1 Å². The van der Waals surface area contributed by atoms with E-state index in [0.717, 1.165) is 43.8 Å². The molecule has 0 amide bonds. The highest BCUT2D eigenvalue weighted by Crippen LogP contribution is 2.36. The van der Waals surface area contributed by atoms with Crippen molar-refractivity contribution in [3.05, 3.63) is 97.1 Å². The number of hydrogen-bond donors (Lipinski definition) is 2. The second-order valence-electron chi connectivity index (χ2n) is 9.79. The Bertz CT molecular complexity index is 2030. The molecule has 2 aliphatic heterocycles. The molecule has 44 heavy (non-hydrogen) atoms. The Balaban J connectivity index is 0.000000753. The number of hydrogen-bond acceptors (Lipinski definition) is 6.